The lowest BCUT2D eigenvalue weighted by atomic mass is 9.90. The Bertz CT molecular complexity index is 495. The molecular weight excluding hydrogens is 258 g/mol. The number of thioether (sulfide) groups is 1. The standard InChI is InChI=1S/C15H19NO2S/c1-2-18-14(17)11-3-4-12-10-15(19-13(12)9-11)5-7-16-8-6-15/h3-4,9,16H,2,5-8,10H2,1H3. The number of hydrogen-bond acceptors (Lipinski definition) is 4. The summed E-state index contributed by atoms with van der Waals surface area (Å²) in [5.74, 6) is -0.211. The molecule has 3 nitrogen and oxygen atoms in total. The molecule has 2 aliphatic rings. The van der Waals surface area contributed by atoms with Crippen LogP contribution in [-0.2, 0) is 11.2 Å². The van der Waals surface area contributed by atoms with E-state index >= 15 is 0 Å². The van der Waals surface area contributed by atoms with Gasteiger partial charge >= 0.3 is 5.97 Å². The van der Waals surface area contributed by atoms with E-state index < -0.39 is 0 Å². The molecule has 2 aliphatic heterocycles. The van der Waals surface area contributed by atoms with Gasteiger partial charge in [0.2, 0.25) is 0 Å². The number of rotatable bonds is 2. The van der Waals surface area contributed by atoms with Crippen LogP contribution in [0, 0.1) is 0 Å². The molecule has 0 saturated carbocycles. The second-order valence-corrected chi connectivity index (χ2v) is 6.76. The van der Waals surface area contributed by atoms with Crippen molar-refractivity contribution in [3.05, 3.63) is 29.3 Å². The lowest BCUT2D eigenvalue weighted by molar-refractivity contribution is 0.0526. The van der Waals surface area contributed by atoms with Gasteiger partial charge in [0.05, 0.1) is 12.2 Å². The van der Waals surface area contributed by atoms with Crippen molar-refractivity contribution in [2.24, 2.45) is 0 Å². The maximum absolute atomic E-state index is 11.8. The molecule has 0 aromatic heterocycles. The summed E-state index contributed by atoms with van der Waals surface area (Å²) < 4.78 is 5.43. The Kier molecular flexibility index (Phi) is 3.54. The molecule has 0 radical (unpaired) electrons. The molecule has 4 heteroatoms. The molecule has 1 N–H and O–H groups in total. The molecule has 0 amide bonds. The summed E-state index contributed by atoms with van der Waals surface area (Å²) in [6.45, 7) is 4.47. The van der Waals surface area contributed by atoms with E-state index in [1.54, 1.807) is 0 Å². The quantitative estimate of drug-likeness (QED) is 0.843. The summed E-state index contributed by atoms with van der Waals surface area (Å²) in [7, 11) is 0. The number of hydrogen-bond donors (Lipinski definition) is 1. The average molecular weight is 277 g/mol. The Morgan fingerprint density at radius 1 is 1.42 bits per heavy atom. The van der Waals surface area contributed by atoms with Crippen LogP contribution in [-0.4, -0.2) is 30.4 Å². The first-order valence-corrected chi connectivity index (χ1v) is 7.74. The third-order valence-corrected chi connectivity index (χ3v) is 5.52. The first-order valence-electron chi connectivity index (χ1n) is 6.92. The molecule has 0 atom stereocenters. The third kappa shape index (κ3) is 2.51. The average Bonchev–Trinajstić information content (AvgIpc) is 2.76. The second kappa shape index (κ2) is 5.17. The fourth-order valence-electron chi connectivity index (χ4n) is 2.91. The summed E-state index contributed by atoms with van der Waals surface area (Å²) in [4.78, 5) is 13.0. The molecule has 0 bridgehead atoms. The van der Waals surface area contributed by atoms with E-state index in [2.05, 4.69) is 11.4 Å². The number of fused-ring (bicyclic) bond motifs is 1. The minimum atomic E-state index is -0.211. The maximum atomic E-state index is 11.8. The van der Waals surface area contributed by atoms with E-state index in [9.17, 15) is 4.79 Å². The van der Waals surface area contributed by atoms with Crippen molar-refractivity contribution in [1.29, 1.82) is 0 Å². The number of carbonyl (C=O) groups excluding carboxylic acids is 1. The molecule has 1 fully saturated rings. The minimum absolute atomic E-state index is 0.211. The van der Waals surface area contributed by atoms with Crippen molar-refractivity contribution in [1.82, 2.24) is 5.32 Å². The van der Waals surface area contributed by atoms with Crippen molar-refractivity contribution in [3.8, 4) is 0 Å². The molecule has 19 heavy (non-hydrogen) atoms. The van der Waals surface area contributed by atoms with Crippen LogP contribution >= 0.6 is 11.8 Å². The Hall–Kier alpha value is -1.00. The number of benzene rings is 1. The summed E-state index contributed by atoms with van der Waals surface area (Å²) >= 11 is 1.96. The highest BCUT2D eigenvalue weighted by atomic mass is 32.2. The van der Waals surface area contributed by atoms with Crippen LogP contribution < -0.4 is 5.32 Å². The van der Waals surface area contributed by atoms with Gasteiger partial charge in [-0.1, -0.05) is 6.07 Å². The van der Waals surface area contributed by atoms with Crippen LogP contribution in [0.4, 0.5) is 0 Å². The van der Waals surface area contributed by atoms with E-state index in [-0.39, 0.29) is 5.97 Å². The Morgan fingerprint density at radius 3 is 2.95 bits per heavy atom. The molecule has 1 spiro atoms. The first kappa shape index (κ1) is 13.0. The van der Waals surface area contributed by atoms with Gasteiger partial charge in [-0.15, -0.1) is 11.8 Å². The summed E-state index contributed by atoms with van der Waals surface area (Å²) in [5, 5.41) is 3.42. The smallest absolute Gasteiger partial charge is 0.338 e. The second-order valence-electron chi connectivity index (χ2n) is 5.25. The number of carbonyl (C=O) groups is 1. The van der Waals surface area contributed by atoms with E-state index in [4.69, 9.17) is 4.74 Å². The van der Waals surface area contributed by atoms with Crippen LogP contribution in [0.15, 0.2) is 23.1 Å². The topological polar surface area (TPSA) is 38.3 Å². The van der Waals surface area contributed by atoms with Gasteiger partial charge in [0, 0.05) is 9.64 Å². The summed E-state index contributed by atoms with van der Waals surface area (Å²) in [6.07, 6.45) is 3.56. The molecule has 2 heterocycles. The van der Waals surface area contributed by atoms with Gasteiger partial charge in [0.1, 0.15) is 0 Å². The molecule has 1 aromatic rings. The van der Waals surface area contributed by atoms with Gasteiger partial charge in [-0.25, -0.2) is 4.79 Å². The fraction of sp³-hybridized carbons (Fsp3) is 0.533. The van der Waals surface area contributed by atoms with Crippen molar-refractivity contribution in [3.63, 3.8) is 0 Å². The van der Waals surface area contributed by atoms with E-state index in [0.717, 1.165) is 19.5 Å². The van der Waals surface area contributed by atoms with Gasteiger partial charge in [0.15, 0.2) is 0 Å². The van der Waals surface area contributed by atoms with E-state index in [0.29, 0.717) is 16.9 Å². The zero-order valence-electron chi connectivity index (χ0n) is 11.2. The van der Waals surface area contributed by atoms with Crippen molar-refractivity contribution < 1.29 is 9.53 Å². The number of piperidine rings is 1. The lowest BCUT2D eigenvalue weighted by Crippen LogP contribution is -2.39. The highest BCUT2D eigenvalue weighted by Crippen LogP contribution is 2.49. The predicted molar refractivity (Wildman–Crippen MR) is 76.8 cm³/mol. The molecule has 0 unspecified atom stereocenters. The predicted octanol–water partition coefficient (Wildman–Crippen LogP) is 2.63. The monoisotopic (exact) mass is 277 g/mol. The van der Waals surface area contributed by atoms with E-state index in [1.807, 2.05) is 30.8 Å². The molecule has 0 aliphatic carbocycles. The zero-order valence-corrected chi connectivity index (χ0v) is 12.0. The van der Waals surface area contributed by atoms with Crippen LogP contribution in [0.5, 0.6) is 0 Å². The Morgan fingerprint density at radius 2 is 2.21 bits per heavy atom. The molecule has 1 aromatic carbocycles. The molecule has 3 rings (SSSR count). The number of ether oxygens (including phenoxy) is 1. The lowest BCUT2D eigenvalue weighted by Gasteiger charge is -2.32. The van der Waals surface area contributed by atoms with Crippen molar-refractivity contribution in [2.75, 3.05) is 19.7 Å². The van der Waals surface area contributed by atoms with Crippen LogP contribution in [0.1, 0.15) is 35.7 Å². The van der Waals surface area contributed by atoms with Gasteiger partial charge < -0.3 is 10.1 Å². The maximum Gasteiger partial charge on any atom is 0.338 e. The van der Waals surface area contributed by atoms with E-state index in [1.165, 1.54) is 23.3 Å². The largest absolute Gasteiger partial charge is 0.462 e. The normalized spacial score (nSPS) is 20.3. The SMILES string of the molecule is CCOC(=O)c1ccc2c(c1)SC1(CCNCC1)C2. The van der Waals surface area contributed by atoms with Gasteiger partial charge in [-0.2, -0.15) is 0 Å². The minimum Gasteiger partial charge on any atom is -0.462 e. The molecular formula is C15H19NO2S. The highest BCUT2D eigenvalue weighted by Gasteiger charge is 2.39. The van der Waals surface area contributed by atoms with Crippen molar-refractivity contribution in [2.45, 2.75) is 35.8 Å². The molecule has 102 valence electrons. The van der Waals surface area contributed by atoms with Crippen LogP contribution in [0.3, 0.4) is 0 Å². The van der Waals surface area contributed by atoms with Crippen LogP contribution in [0.2, 0.25) is 0 Å². The number of nitrogens with one attached hydrogen (secondary N) is 1. The van der Waals surface area contributed by atoms with Gasteiger partial charge in [-0.05, 0) is 57.0 Å². The third-order valence-electron chi connectivity index (χ3n) is 3.93. The summed E-state index contributed by atoms with van der Waals surface area (Å²) in [6, 6.07) is 6.01. The van der Waals surface area contributed by atoms with Gasteiger partial charge in [-0.3, -0.25) is 0 Å². The highest BCUT2D eigenvalue weighted by molar-refractivity contribution is 8.01. The Labute approximate surface area is 118 Å². The van der Waals surface area contributed by atoms with Crippen molar-refractivity contribution >= 4 is 17.7 Å². The van der Waals surface area contributed by atoms with Gasteiger partial charge in [0.25, 0.3) is 0 Å². The fourth-order valence-corrected chi connectivity index (χ4v) is 4.47. The zero-order chi connectivity index (χ0) is 13.3. The van der Waals surface area contributed by atoms with Crippen LogP contribution in [0.25, 0.3) is 0 Å². The Balaban J connectivity index is 1.81. The number of esters is 1. The molecule has 1 saturated heterocycles. The first-order chi connectivity index (χ1) is 9.22. The summed E-state index contributed by atoms with van der Waals surface area (Å²) in [5.41, 5.74) is 2.07.